The Balaban J connectivity index is 1.67. The number of nitrogens with two attached hydrogens (primary N) is 1. The molecule has 0 aromatic rings. The number of amides is 1. The molecule has 0 aromatic heterocycles. The van der Waals surface area contributed by atoms with Gasteiger partial charge in [-0.15, -0.1) is 0 Å². The molecule has 2 rings (SSSR count). The lowest BCUT2D eigenvalue weighted by molar-refractivity contribution is -0.122. The van der Waals surface area contributed by atoms with E-state index in [1.807, 2.05) is 0 Å². The third kappa shape index (κ3) is 3.70. The van der Waals surface area contributed by atoms with E-state index in [0.717, 1.165) is 25.3 Å². The van der Waals surface area contributed by atoms with Gasteiger partial charge in [0.05, 0.1) is 0 Å². The van der Waals surface area contributed by atoms with Gasteiger partial charge in [-0.1, -0.05) is 26.2 Å². The fourth-order valence-corrected chi connectivity index (χ4v) is 3.41. The lowest BCUT2D eigenvalue weighted by Gasteiger charge is -2.23. The fraction of sp³-hybridized carbons (Fsp3) is 0.929. The molecule has 2 aliphatic rings. The quantitative estimate of drug-likeness (QED) is 0.789. The van der Waals surface area contributed by atoms with Gasteiger partial charge < -0.3 is 11.1 Å². The molecule has 2 atom stereocenters. The minimum Gasteiger partial charge on any atom is -0.356 e. The van der Waals surface area contributed by atoms with Crippen LogP contribution in [0.4, 0.5) is 0 Å². The van der Waals surface area contributed by atoms with Crippen molar-refractivity contribution in [1.82, 2.24) is 5.32 Å². The van der Waals surface area contributed by atoms with Crippen molar-refractivity contribution in [2.75, 3.05) is 6.54 Å². The number of rotatable bonds is 4. The van der Waals surface area contributed by atoms with E-state index in [1.165, 1.54) is 32.1 Å². The molecule has 1 amide bonds. The average molecular weight is 238 g/mol. The van der Waals surface area contributed by atoms with E-state index < -0.39 is 0 Å². The van der Waals surface area contributed by atoms with E-state index in [1.54, 1.807) is 0 Å². The van der Waals surface area contributed by atoms with Crippen molar-refractivity contribution in [3.8, 4) is 0 Å². The SMILES string of the molecule is CC1CCC(CNC(=O)CC2(N)CCCC2)C1. The van der Waals surface area contributed by atoms with Crippen LogP contribution in [0.1, 0.15) is 58.3 Å². The van der Waals surface area contributed by atoms with Crippen LogP contribution in [0.5, 0.6) is 0 Å². The molecule has 98 valence electrons. The predicted octanol–water partition coefficient (Wildman–Crippen LogP) is 2.20. The van der Waals surface area contributed by atoms with Crippen LogP contribution in [0, 0.1) is 11.8 Å². The maximum atomic E-state index is 11.9. The molecule has 0 heterocycles. The molecule has 2 aliphatic carbocycles. The van der Waals surface area contributed by atoms with Gasteiger partial charge in [-0.2, -0.15) is 0 Å². The number of nitrogens with one attached hydrogen (secondary N) is 1. The molecular weight excluding hydrogens is 212 g/mol. The summed E-state index contributed by atoms with van der Waals surface area (Å²) < 4.78 is 0. The van der Waals surface area contributed by atoms with E-state index in [9.17, 15) is 4.79 Å². The van der Waals surface area contributed by atoms with Crippen LogP contribution in [0.25, 0.3) is 0 Å². The van der Waals surface area contributed by atoms with Crippen molar-refractivity contribution in [3.63, 3.8) is 0 Å². The lowest BCUT2D eigenvalue weighted by Crippen LogP contribution is -2.42. The van der Waals surface area contributed by atoms with Crippen molar-refractivity contribution in [1.29, 1.82) is 0 Å². The summed E-state index contributed by atoms with van der Waals surface area (Å²) >= 11 is 0. The van der Waals surface area contributed by atoms with E-state index in [-0.39, 0.29) is 11.4 Å². The van der Waals surface area contributed by atoms with Crippen LogP contribution in [0.3, 0.4) is 0 Å². The minimum absolute atomic E-state index is 0.161. The molecule has 0 aliphatic heterocycles. The molecule has 0 radical (unpaired) electrons. The maximum absolute atomic E-state index is 11.9. The van der Waals surface area contributed by atoms with E-state index in [2.05, 4.69) is 12.2 Å². The smallest absolute Gasteiger partial charge is 0.221 e. The molecule has 0 saturated heterocycles. The number of hydrogen-bond donors (Lipinski definition) is 2. The number of carbonyl (C=O) groups is 1. The second-order valence-electron chi connectivity index (χ2n) is 6.33. The molecule has 3 N–H and O–H groups in total. The van der Waals surface area contributed by atoms with Crippen molar-refractivity contribution >= 4 is 5.91 Å². The first-order valence-corrected chi connectivity index (χ1v) is 7.13. The van der Waals surface area contributed by atoms with Gasteiger partial charge in [0.15, 0.2) is 0 Å². The Morgan fingerprint density at radius 3 is 2.65 bits per heavy atom. The zero-order valence-electron chi connectivity index (χ0n) is 11.0. The van der Waals surface area contributed by atoms with Crippen LogP contribution < -0.4 is 11.1 Å². The van der Waals surface area contributed by atoms with Crippen LogP contribution in [0.15, 0.2) is 0 Å². The largest absolute Gasteiger partial charge is 0.356 e. The third-order valence-electron chi connectivity index (χ3n) is 4.50. The predicted molar refractivity (Wildman–Crippen MR) is 69.5 cm³/mol. The Morgan fingerprint density at radius 2 is 2.06 bits per heavy atom. The Kier molecular flexibility index (Phi) is 4.08. The summed E-state index contributed by atoms with van der Waals surface area (Å²) in [7, 11) is 0. The molecule has 17 heavy (non-hydrogen) atoms. The standard InChI is InChI=1S/C14H26N2O/c1-11-4-5-12(8-11)10-16-13(17)9-14(15)6-2-3-7-14/h11-12H,2-10,15H2,1H3,(H,16,17). The molecule has 3 nitrogen and oxygen atoms in total. The maximum Gasteiger partial charge on any atom is 0.221 e. The highest BCUT2D eigenvalue weighted by Crippen LogP contribution is 2.31. The molecular formula is C14H26N2O. The Morgan fingerprint density at radius 1 is 1.35 bits per heavy atom. The van der Waals surface area contributed by atoms with Gasteiger partial charge in [-0.05, 0) is 37.5 Å². The fourth-order valence-electron chi connectivity index (χ4n) is 3.41. The van der Waals surface area contributed by atoms with Gasteiger partial charge in [0, 0.05) is 18.5 Å². The highest BCUT2D eigenvalue weighted by Gasteiger charge is 2.32. The molecule has 0 spiro atoms. The first-order valence-electron chi connectivity index (χ1n) is 7.13. The Labute approximate surface area is 105 Å². The van der Waals surface area contributed by atoms with Crippen molar-refractivity contribution in [2.45, 2.75) is 63.8 Å². The first kappa shape index (κ1) is 12.9. The molecule has 3 heteroatoms. The second-order valence-corrected chi connectivity index (χ2v) is 6.33. The lowest BCUT2D eigenvalue weighted by atomic mass is 9.94. The summed E-state index contributed by atoms with van der Waals surface area (Å²) in [5, 5.41) is 3.08. The van der Waals surface area contributed by atoms with Crippen molar-refractivity contribution in [2.24, 2.45) is 17.6 Å². The highest BCUT2D eigenvalue weighted by atomic mass is 16.1. The van der Waals surface area contributed by atoms with Crippen LogP contribution in [-0.4, -0.2) is 18.0 Å². The summed E-state index contributed by atoms with van der Waals surface area (Å²) in [6, 6.07) is 0. The average Bonchev–Trinajstić information content (AvgIpc) is 2.85. The molecule has 2 unspecified atom stereocenters. The zero-order chi connectivity index (χ0) is 12.3. The van der Waals surface area contributed by atoms with Gasteiger partial charge in [0.2, 0.25) is 5.91 Å². The molecule has 0 aromatic carbocycles. The van der Waals surface area contributed by atoms with Gasteiger partial charge in [-0.25, -0.2) is 0 Å². The second kappa shape index (κ2) is 5.38. The topological polar surface area (TPSA) is 55.1 Å². The van der Waals surface area contributed by atoms with Gasteiger partial charge in [-0.3, -0.25) is 4.79 Å². The van der Waals surface area contributed by atoms with Gasteiger partial charge >= 0.3 is 0 Å². The van der Waals surface area contributed by atoms with E-state index in [0.29, 0.717) is 12.3 Å². The van der Waals surface area contributed by atoms with E-state index >= 15 is 0 Å². The van der Waals surface area contributed by atoms with Crippen LogP contribution >= 0.6 is 0 Å². The monoisotopic (exact) mass is 238 g/mol. The summed E-state index contributed by atoms with van der Waals surface area (Å²) in [6.07, 6.45) is 8.79. The van der Waals surface area contributed by atoms with E-state index in [4.69, 9.17) is 5.73 Å². The number of hydrogen-bond acceptors (Lipinski definition) is 2. The molecule has 2 saturated carbocycles. The van der Waals surface area contributed by atoms with Crippen LogP contribution in [0.2, 0.25) is 0 Å². The van der Waals surface area contributed by atoms with Gasteiger partial charge in [0.1, 0.15) is 0 Å². The Hall–Kier alpha value is -0.570. The van der Waals surface area contributed by atoms with Crippen molar-refractivity contribution < 1.29 is 4.79 Å². The zero-order valence-corrected chi connectivity index (χ0v) is 11.0. The van der Waals surface area contributed by atoms with Gasteiger partial charge in [0.25, 0.3) is 0 Å². The highest BCUT2D eigenvalue weighted by molar-refractivity contribution is 5.77. The summed E-state index contributed by atoms with van der Waals surface area (Å²) in [5.41, 5.74) is 6.00. The summed E-state index contributed by atoms with van der Waals surface area (Å²) in [4.78, 5) is 11.9. The molecule has 2 fully saturated rings. The normalized spacial score (nSPS) is 31.6. The molecule has 0 bridgehead atoms. The summed E-state index contributed by atoms with van der Waals surface area (Å²) in [6.45, 7) is 3.16. The first-order chi connectivity index (χ1) is 8.07. The third-order valence-corrected chi connectivity index (χ3v) is 4.50. The van der Waals surface area contributed by atoms with Crippen molar-refractivity contribution in [3.05, 3.63) is 0 Å². The minimum atomic E-state index is -0.201. The summed E-state index contributed by atoms with van der Waals surface area (Å²) in [5.74, 6) is 1.70. The number of carbonyl (C=O) groups excluding carboxylic acids is 1. The Bertz CT molecular complexity index is 271. The van der Waals surface area contributed by atoms with Crippen LogP contribution in [-0.2, 0) is 4.79 Å².